The lowest BCUT2D eigenvalue weighted by molar-refractivity contribution is -0.148. The molecular weight excluding hydrogens is 481 g/mol. The molecule has 1 aliphatic heterocycles. The van der Waals surface area contributed by atoms with E-state index in [4.69, 9.17) is 9.47 Å². The second-order valence-electron chi connectivity index (χ2n) is 8.98. The average molecular weight is 520 g/mol. The quantitative estimate of drug-likeness (QED) is 0.158. The van der Waals surface area contributed by atoms with Crippen molar-refractivity contribution in [2.24, 2.45) is 0 Å². The average Bonchev–Trinajstić information content (AvgIpc) is 3.01. The highest BCUT2D eigenvalue weighted by atomic mass is 32.2. The third-order valence-electron chi connectivity index (χ3n) is 4.84. The summed E-state index contributed by atoms with van der Waals surface area (Å²) in [5.41, 5.74) is 1.51. The van der Waals surface area contributed by atoms with E-state index >= 15 is 0 Å². The first-order valence-corrected chi connectivity index (χ1v) is 14.2. The van der Waals surface area contributed by atoms with Crippen LogP contribution in [-0.4, -0.2) is 29.6 Å². The minimum atomic E-state index is -0.546. The van der Waals surface area contributed by atoms with E-state index in [2.05, 4.69) is 31.7 Å². The number of carbonyl (C=O) groups is 1. The van der Waals surface area contributed by atoms with E-state index in [-0.39, 0.29) is 5.82 Å². The lowest BCUT2D eigenvalue weighted by Gasteiger charge is -2.26. The molecule has 0 N–H and O–H groups in total. The summed E-state index contributed by atoms with van der Waals surface area (Å²) in [5.74, 6) is 1.89. The van der Waals surface area contributed by atoms with E-state index < -0.39 is 11.6 Å². The number of unbranched alkanes of at least 4 members (excludes halogenated alkanes) is 1. The number of benzene rings is 2. The van der Waals surface area contributed by atoms with Gasteiger partial charge in [-0.15, -0.1) is 23.5 Å². The second-order valence-corrected chi connectivity index (χ2v) is 11.4. The summed E-state index contributed by atoms with van der Waals surface area (Å²) in [5, 5.41) is 0. The summed E-state index contributed by atoms with van der Waals surface area (Å²) in [6.07, 6.45) is 6.34. The van der Waals surface area contributed by atoms with Gasteiger partial charge < -0.3 is 14.4 Å². The van der Waals surface area contributed by atoms with Crippen LogP contribution in [0.1, 0.15) is 60.8 Å². The van der Waals surface area contributed by atoms with Crippen LogP contribution in [0.3, 0.4) is 0 Å². The Morgan fingerprint density at radius 2 is 1.83 bits per heavy atom. The first-order chi connectivity index (χ1) is 16.7. The van der Waals surface area contributed by atoms with Crippen LogP contribution in [0, 0.1) is 5.82 Å². The predicted molar refractivity (Wildman–Crippen MR) is 148 cm³/mol. The van der Waals surface area contributed by atoms with Crippen molar-refractivity contribution in [1.82, 2.24) is 0 Å². The van der Waals surface area contributed by atoms with Gasteiger partial charge in [-0.05, 0) is 75.1 Å². The van der Waals surface area contributed by atoms with Gasteiger partial charge in [-0.25, -0.2) is 9.18 Å². The summed E-state index contributed by atoms with van der Waals surface area (Å²) in [6, 6.07) is 10.8. The smallest absolute Gasteiger partial charge is 0.334 e. The van der Waals surface area contributed by atoms with Crippen LogP contribution in [0.15, 0.2) is 58.5 Å². The summed E-state index contributed by atoms with van der Waals surface area (Å²) in [6.45, 7) is 12.8. The van der Waals surface area contributed by atoms with Gasteiger partial charge >= 0.3 is 5.97 Å². The molecule has 4 nitrogen and oxygen atoms in total. The summed E-state index contributed by atoms with van der Waals surface area (Å²) in [7, 11) is 0. The maximum absolute atomic E-state index is 13.4. The molecule has 0 radical (unpaired) electrons. The zero-order valence-corrected chi connectivity index (χ0v) is 23.4. The third kappa shape index (κ3) is 9.80. The van der Waals surface area contributed by atoms with E-state index in [9.17, 15) is 9.18 Å². The molecule has 2 aromatic rings. The van der Waals surface area contributed by atoms with Gasteiger partial charge in [-0.2, -0.15) is 0 Å². The largest absolute Gasteiger partial charge is 0.464 e. The molecule has 0 aromatic heterocycles. The molecule has 0 saturated carbocycles. The van der Waals surface area contributed by atoms with E-state index in [0.29, 0.717) is 5.75 Å². The molecule has 0 amide bonds. The fraction of sp³-hybridized carbons (Fsp3) is 0.464. The molecule has 0 atom stereocenters. The van der Waals surface area contributed by atoms with Gasteiger partial charge in [0, 0.05) is 17.1 Å². The number of rotatable bonds is 7. The van der Waals surface area contributed by atoms with Crippen LogP contribution in [0.5, 0.6) is 5.75 Å². The van der Waals surface area contributed by atoms with Gasteiger partial charge in [0.05, 0.1) is 22.9 Å². The van der Waals surface area contributed by atoms with E-state index in [0.717, 1.165) is 45.6 Å². The van der Waals surface area contributed by atoms with Gasteiger partial charge in [0.15, 0.2) is 0 Å². The van der Waals surface area contributed by atoms with Crippen LogP contribution < -0.4 is 9.64 Å². The normalized spacial score (nSPS) is 13.5. The van der Waals surface area contributed by atoms with Crippen molar-refractivity contribution in [3.63, 3.8) is 0 Å². The molecule has 1 aliphatic rings. The van der Waals surface area contributed by atoms with Crippen LogP contribution in [0.2, 0.25) is 0 Å². The van der Waals surface area contributed by atoms with E-state index in [1.165, 1.54) is 37.3 Å². The monoisotopic (exact) mass is 519 g/mol. The Morgan fingerprint density at radius 1 is 1.14 bits per heavy atom. The molecule has 35 heavy (non-hydrogen) atoms. The van der Waals surface area contributed by atoms with Crippen LogP contribution in [0.25, 0.3) is 0 Å². The molecule has 0 spiro atoms. The Labute approximate surface area is 218 Å². The molecule has 2 aromatic carbocycles. The molecule has 1 heterocycles. The van der Waals surface area contributed by atoms with Gasteiger partial charge in [-0.1, -0.05) is 33.6 Å². The molecule has 0 fully saturated rings. The van der Waals surface area contributed by atoms with Gasteiger partial charge in [0.1, 0.15) is 17.2 Å². The van der Waals surface area contributed by atoms with Crippen molar-refractivity contribution in [1.29, 1.82) is 0 Å². The molecule has 0 unspecified atom stereocenters. The lowest BCUT2D eigenvalue weighted by atomic mass is 10.2. The molecule has 3 rings (SSSR count). The summed E-state index contributed by atoms with van der Waals surface area (Å²) < 4.78 is 24.6. The van der Waals surface area contributed by atoms with Crippen molar-refractivity contribution in [3.8, 4) is 5.75 Å². The number of nitrogens with zero attached hydrogens (tertiary/aromatic N) is 1. The summed E-state index contributed by atoms with van der Waals surface area (Å²) >= 11 is 3.46. The number of halogens is 1. The lowest BCUT2D eigenvalue weighted by Crippen LogP contribution is -2.22. The van der Waals surface area contributed by atoms with Crippen molar-refractivity contribution in [3.05, 3.63) is 54.6 Å². The van der Waals surface area contributed by atoms with Crippen molar-refractivity contribution < 1.29 is 18.7 Å². The molecule has 0 saturated heterocycles. The second kappa shape index (κ2) is 14.4. The maximum Gasteiger partial charge on any atom is 0.334 e. The number of esters is 1. The van der Waals surface area contributed by atoms with Crippen LogP contribution in [-0.2, 0) is 9.53 Å². The molecular formula is C28H38FNO3S2. The minimum Gasteiger partial charge on any atom is -0.464 e. The highest BCUT2D eigenvalue weighted by Crippen LogP contribution is 2.44. The number of anilines is 2. The third-order valence-corrected chi connectivity index (χ3v) is 6.89. The van der Waals surface area contributed by atoms with Gasteiger partial charge in [0.25, 0.3) is 0 Å². The van der Waals surface area contributed by atoms with Crippen molar-refractivity contribution in [2.45, 2.75) is 76.2 Å². The molecule has 0 aliphatic carbocycles. The Balaban J connectivity index is 0.00000100. The van der Waals surface area contributed by atoms with E-state index in [1.807, 2.05) is 39.0 Å². The van der Waals surface area contributed by atoms with E-state index in [1.54, 1.807) is 23.5 Å². The fourth-order valence-corrected chi connectivity index (χ4v) is 4.89. The van der Waals surface area contributed by atoms with Crippen LogP contribution >= 0.6 is 23.5 Å². The highest BCUT2D eigenvalue weighted by Gasteiger charge is 2.21. The number of fused-ring (bicyclic) bond motifs is 1. The molecule has 192 valence electrons. The summed E-state index contributed by atoms with van der Waals surface area (Å²) in [4.78, 5) is 16.3. The van der Waals surface area contributed by atoms with Gasteiger partial charge in [0.2, 0.25) is 0 Å². The number of ether oxygens (including phenoxy) is 2. The van der Waals surface area contributed by atoms with Crippen molar-refractivity contribution >= 4 is 40.9 Å². The zero-order chi connectivity index (χ0) is 25.8. The minimum absolute atomic E-state index is 0.240. The molecule has 0 bridgehead atoms. The number of carbonyl (C=O) groups excluding carboxylic acids is 1. The highest BCUT2D eigenvalue weighted by molar-refractivity contribution is 7.99. The first-order valence-electron chi connectivity index (χ1n) is 12.2. The fourth-order valence-electron chi connectivity index (χ4n) is 3.13. The number of hydrogen-bond acceptors (Lipinski definition) is 6. The van der Waals surface area contributed by atoms with Crippen molar-refractivity contribution in [2.75, 3.05) is 23.0 Å². The molecule has 7 heteroatoms. The Kier molecular flexibility index (Phi) is 12.0. The zero-order valence-electron chi connectivity index (χ0n) is 21.7. The maximum atomic E-state index is 13.4. The van der Waals surface area contributed by atoms with Gasteiger partial charge in [-0.3, -0.25) is 0 Å². The van der Waals surface area contributed by atoms with Crippen LogP contribution in [0.4, 0.5) is 15.8 Å². The Hall–Kier alpha value is -2.12. The first kappa shape index (κ1) is 29.1. The standard InChI is InChI=1S/C24H28FNO3S2.C4H10/c1-5-30-22-15-19-21(16-20(22)28-13-11-23(27)29-24(2,3)4)31-14-6-12-26(19)18-9-7-17(25)8-10-18;1-3-4-2/h7-11,13,15-16H,5-6,12,14H2,1-4H3;3-4H2,1-2H3/b13-11+;. The number of thioether (sulfide) groups is 2. The SMILES string of the molecule is CCCC.CCSc1cc2c(cc1O/C=C/C(=O)OC(C)(C)C)SCCCN2c1ccc(F)cc1. The Morgan fingerprint density at radius 3 is 2.43 bits per heavy atom. The predicted octanol–water partition coefficient (Wildman–Crippen LogP) is 8.61. The number of hydrogen-bond donors (Lipinski definition) is 0. The topological polar surface area (TPSA) is 38.8 Å². The Bertz CT molecular complexity index is 969.